The summed E-state index contributed by atoms with van der Waals surface area (Å²) in [4.78, 5) is 15.2. The highest BCUT2D eigenvalue weighted by molar-refractivity contribution is 8.00. The van der Waals surface area contributed by atoms with Crippen molar-refractivity contribution in [3.8, 4) is 0 Å². The molecule has 0 amide bonds. The van der Waals surface area contributed by atoms with E-state index in [0.29, 0.717) is 6.42 Å². The van der Waals surface area contributed by atoms with Gasteiger partial charge in [-0.3, -0.25) is 4.79 Å². The lowest BCUT2D eigenvalue weighted by molar-refractivity contribution is -0.136. The van der Waals surface area contributed by atoms with E-state index in [2.05, 4.69) is 4.98 Å². The van der Waals surface area contributed by atoms with Crippen LogP contribution in [-0.2, 0) is 11.2 Å². The Kier molecular flexibility index (Phi) is 1.79. The molecule has 15 heavy (non-hydrogen) atoms. The molecule has 2 heterocycles. The molecular formula is C11H9NO2S. The van der Waals surface area contributed by atoms with Crippen molar-refractivity contribution in [1.82, 2.24) is 4.98 Å². The Hall–Kier alpha value is -1.42. The monoisotopic (exact) mass is 219 g/mol. The predicted molar refractivity (Wildman–Crippen MR) is 59.3 cm³/mol. The fourth-order valence-electron chi connectivity index (χ4n) is 2.01. The molecule has 76 valence electrons. The van der Waals surface area contributed by atoms with Crippen molar-refractivity contribution in [1.29, 1.82) is 0 Å². The lowest BCUT2D eigenvalue weighted by Crippen LogP contribution is -2.21. The average Bonchev–Trinajstić information content (AvgIpc) is 2.64. The lowest BCUT2D eigenvalue weighted by atomic mass is 10.1. The molecule has 0 aliphatic carbocycles. The molecular weight excluding hydrogens is 210 g/mol. The summed E-state index contributed by atoms with van der Waals surface area (Å²) in [5, 5.41) is 9.87. The van der Waals surface area contributed by atoms with Crippen molar-refractivity contribution in [2.75, 3.05) is 0 Å². The van der Waals surface area contributed by atoms with Crippen LogP contribution in [0.4, 0.5) is 0 Å². The van der Waals surface area contributed by atoms with E-state index in [1.54, 1.807) is 0 Å². The van der Waals surface area contributed by atoms with Crippen molar-refractivity contribution in [3.63, 3.8) is 0 Å². The molecule has 1 aliphatic heterocycles. The minimum Gasteiger partial charge on any atom is -0.480 e. The second kappa shape index (κ2) is 3.03. The number of hydrogen-bond acceptors (Lipinski definition) is 2. The van der Waals surface area contributed by atoms with Crippen LogP contribution in [-0.4, -0.2) is 21.3 Å². The van der Waals surface area contributed by atoms with Crippen molar-refractivity contribution < 1.29 is 9.90 Å². The van der Waals surface area contributed by atoms with Crippen molar-refractivity contribution in [2.24, 2.45) is 0 Å². The highest BCUT2D eigenvalue weighted by Crippen LogP contribution is 2.39. The van der Waals surface area contributed by atoms with Crippen LogP contribution in [0, 0.1) is 0 Å². The summed E-state index contributed by atoms with van der Waals surface area (Å²) in [6.07, 6.45) is 2.53. The molecule has 0 saturated carbocycles. The Morgan fingerprint density at radius 3 is 3.20 bits per heavy atom. The van der Waals surface area contributed by atoms with E-state index >= 15 is 0 Å². The molecule has 0 spiro atoms. The number of carboxylic acids is 1. The third kappa shape index (κ3) is 1.25. The van der Waals surface area contributed by atoms with Gasteiger partial charge in [0.15, 0.2) is 0 Å². The molecule has 0 radical (unpaired) electrons. The molecule has 3 rings (SSSR count). The van der Waals surface area contributed by atoms with Crippen LogP contribution in [0.2, 0.25) is 0 Å². The summed E-state index contributed by atoms with van der Waals surface area (Å²) >= 11 is 1.44. The Morgan fingerprint density at radius 1 is 1.53 bits per heavy atom. The van der Waals surface area contributed by atoms with Crippen molar-refractivity contribution >= 4 is 28.6 Å². The van der Waals surface area contributed by atoms with Crippen LogP contribution in [0.5, 0.6) is 0 Å². The summed E-state index contributed by atoms with van der Waals surface area (Å²) in [5.74, 6) is -0.733. The summed E-state index contributed by atoms with van der Waals surface area (Å²) in [6, 6.07) is 5.96. The second-order valence-corrected chi connectivity index (χ2v) is 4.89. The molecule has 1 aromatic carbocycles. The first-order valence-corrected chi connectivity index (χ1v) is 5.62. The first-order chi connectivity index (χ1) is 7.25. The van der Waals surface area contributed by atoms with Crippen molar-refractivity contribution in [2.45, 2.75) is 16.6 Å². The molecule has 1 aromatic heterocycles. The van der Waals surface area contributed by atoms with Gasteiger partial charge in [0.1, 0.15) is 5.25 Å². The van der Waals surface area contributed by atoms with Gasteiger partial charge >= 0.3 is 5.97 Å². The van der Waals surface area contributed by atoms with E-state index in [-0.39, 0.29) is 5.25 Å². The largest absolute Gasteiger partial charge is 0.480 e. The SMILES string of the molecule is O=C(O)C1Cc2c[nH]c3cccc(c23)S1. The van der Waals surface area contributed by atoms with Gasteiger partial charge in [-0.2, -0.15) is 0 Å². The van der Waals surface area contributed by atoms with Crippen LogP contribution in [0.3, 0.4) is 0 Å². The lowest BCUT2D eigenvalue weighted by Gasteiger charge is -2.18. The first-order valence-electron chi connectivity index (χ1n) is 4.74. The van der Waals surface area contributed by atoms with Gasteiger partial charge in [-0.05, 0) is 24.1 Å². The average molecular weight is 219 g/mol. The van der Waals surface area contributed by atoms with Gasteiger partial charge in [0.05, 0.1) is 0 Å². The molecule has 1 aliphatic rings. The Labute approximate surface area is 90.5 Å². The number of hydrogen-bond donors (Lipinski definition) is 2. The maximum atomic E-state index is 11.0. The van der Waals surface area contributed by atoms with Gasteiger partial charge in [0.25, 0.3) is 0 Å². The van der Waals surface area contributed by atoms with Crippen LogP contribution in [0.1, 0.15) is 5.56 Å². The Bertz CT molecular complexity index is 547. The number of nitrogens with one attached hydrogen (secondary N) is 1. The third-order valence-corrected chi connectivity index (χ3v) is 3.95. The van der Waals surface area contributed by atoms with E-state index in [1.807, 2.05) is 24.4 Å². The van der Waals surface area contributed by atoms with Gasteiger partial charge in [-0.15, -0.1) is 11.8 Å². The van der Waals surface area contributed by atoms with Crippen LogP contribution in [0.25, 0.3) is 10.9 Å². The van der Waals surface area contributed by atoms with Gasteiger partial charge in [-0.25, -0.2) is 0 Å². The molecule has 1 unspecified atom stereocenters. The highest BCUT2D eigenvalue weighted by Gasteiger charge is 2.26. The standard InChI is InChI=1S/C11H9NO2S/c13-11(14)9-4-6-5-12-7-2-1-3-8(15-9)10(6)7/h1-3,5,9,12H,4H2,(H,13,14). The number of carbonyl (C=O) groups is 1. The maximum Gasteiger partial charge on any atom is 0.317 e. The van der Waals surface area contributed by atoms with Crippen molar-refractivity contribution in [3.05, 3.63) is 30.0 Å². The fourth-order valence-corrected chi connectivity index (χ4v) is 3.20. The topological polar surface area (TPSA) is 53.1 Å². The Balaban J connectivity index is 2.20. The predicted octanol–water partition coefficient (Wildman–Crippen LogP) is 2.27. The van der Waals surface area contributed by atoms with Crippen LogP contribution in [0.15, 0.2) is 29.3 Å². The zero-order chi connectivity index (χ0) is 10.4. The summed E-state index contributed by atoms with van der Waals surface area (Å²) < 4.78 is 0. The molecule has 3 nitrogen and oxygen atoms in total. The number of rotatable bonds is 1. The zero-order valence-corrected chi connectivity index (χ0v) is 8.67. The van der Waals surface area contributed by atoms with Crippen LogP contribution < -0.4 is 0 Å². The molecule has 1 atom stereocenters. The van der Waals surface area contributed by atoms with Gasteiger partial charge in [-0.1, -0.05) is 6.07 Å². The summed E-state index contributed by atoms with van der Waals surface area (Å²) in [6.45, 7) is 0. The molecule has 4 heteroatoms. The van der Waals surface area contributed by atoms with E-state index in [4.69, 9.17) is 5.11 Å². The molecule has 2 aromatic rings. The Morgan fingerprint density at radius 2 is 2.40 bits per heavy atom. The van der Waals surface area contributed by atoms with E-state index in [0.717, 1.165) is 16.0 Å². The van der Waals surface area contributed by atoms with Gasteiger partial charge in [0, 0.05) is 22.0 Å². The number of thioether (sulfide) groups is 1. The minimum atomic E-state index is -0.733. The van der Waals surface area contributed by atoms with E-state index < -0.39 is 5.97 Å². The minimum absolute atomic E-state index is 0.348. The summed E-state index contributed by atoms with van der Waals surface area (Å²) in [7, 11) is 0. The number of aromatic amines is 1. The summed E-state index contributed by atoms with van der Waals surface area (Å²) in [5.41, 5.74) is 2.21. The highest BCUT2D eigenvalue weighted by atomic mass is 32.2. The smallest absolute Gasteiger partial charge is 0.317 e. The molecule has 0 saturated heterocycles. The maximum absolute atomic E-state index is 11.0. The fraction of sp³-hybridized carbons (Fsp3) is 0.182. The van der Waals surface area contributed by atoms with E-state index in [9.17, 15) is 4.79 Å². The van der Waals surface area contributed by atoms with Gasteiger partial charge in [0.2, 0.25) is 0 Å². The number of aliphatic carboxylic acids is 1. The van der Waals surface area contributed by atoms with Crippen LogP contribution >= 0.6 is 11.8 Å². The molecule has 0 fully saturated rings. The molecule has 0 bridgehead atoms. The van der Waals surface area contributed by atoms with Gasteiger partial charge < -0.3 is 10.1 Å². The number of aromatic nitrogens is 1. The third-order valence-electron chi connectivity index (χ3n) is 2.70. The number of carboxylic acid groups (broad SMARTS) is 1. The number of benzene rings is 1. The second-order valence-electron chi connectivity index (χ2n) is 3.64. The first kappa shape index (κ1) is 8.85. The molecule has 2 N–H and O–H groups in total. The zero-order valence-electron chi connectivity index (χ0n) is 7.86. The quantitative estimate of drug-likeness (QED) is 0.773. The van der Waals surface area contributed by atoms with E-state index in [1.165, 1.54) is 17.1 Å². The number of H-pyrrole nitrogens is 1. The normalized spacial score (nSPS) is 19.3.